The number of carbonyl (C=O) groups is 4. The molecule has 0 aromatic heterocycles. The Morgan fingerprint density at radius 1 is 0.483 bits per heavy atom. The molecule has 0 N–H and O–H groups in total. The predicted octanol–water partition coefficient (Wildman–Crippen LogP) is 15.0. The van der Waals surface area contributed by atoms with Crippen LogP contribution in [0.15, 0.2) is 103 Å². The number of rotatable bonds is 35. The summed E-state index contributed by atoms with van der Waals surface area (Å²) in [5.74, 6) is -5.74. The number of esters is 4. The summed E-state index contributed by atoms with van der Waals surface area (Å²) >= 11 is 0. The van der Waals surface area contributed by atoms with Crippen molar-refractivity contribution in [2.75, 3.05) is 21.3 Å². The Morgan fingerprint density at radius 3 is 1.14 bits per heavy atom. The minimum absolute atomic E-state index is 0.0474. The molecular weight excluding hydrogens is 1160 g/mol. The van der Waals surface area contributed by atoms with E-state index in [1.807, 2.05) is 0 Å². The van der Waals surface area contributed by atoms with Gasteiger partial charge in [-0.05, 0) is 77.2 Å². The number of benzene rings is 3. The third-order valence-electron chi connectivity index (χ3n) is 16.8. The summed E-state index contributed by atoms with van der Waals surface area (Å²) in [7, 11) is 2.32. The fraction of sp³-hybridized carbons (Fsp3) is 0.631. The van der Waals surface area contributed by atoms with Crippen molar-refractivity contribution < 1.29 is 101 Å². The van der Waals surface area contributed by atoms with E-state index in [1.54, 1.807) is 6.92 Å². The third kappa shape index (κ3) is 17.2. The number of hydrogen-bond donors (Lipinski definition) is 0. The van der Waals surface area contributed by atoms with Crippen LogP contribution in [0.25, 0.3) is 0 Å². The molecule has 6 rings (SSSR count). The highest BCUT2D eigenvalue weighted by atomic mass is 19.4. The standard InChI is InChI=1S/C65H83F9O13/c1-6-7-8-9-10-11-15-27-36-50(86-58(77)61(80-4,64(69,70)71)47-31-22-18-23-32-47)52-38-40-54(84-52)55-41-39-53(85-55)51(87-59(78)62(81-5,65(72,73)74)48-33-24-19-25-34-48)37-28-16-13-12-14-26-35-49(43-45-42-44(2)82-56(45)75)83-57(76)60(79-3,63(66,67)68)46-29-20-17-21-30-46/h17-25,29-34,42,44,49-55H,6-16,26-28,35-41,43H2,1-5H3/t44-,49+,50+,51+,52+,53+,54+,55+,60+,61+,62+/m0/s1. The number of hydrogen-bond acceptors (Lipinski definition) is 13. The predicted molar refractivity (Wildman–Crippen MR) is 301 cm³/mol. The summed E-state index contributed by atoms with van der Waals surface area (Å²) in [6, 6.07) is 19.2. The molecule has 3 aromatic rings. The summed E-state index contributed by atoms with van der Waals surface area (Å²) in [6.07, 6.45) is -10.0. The Labute approximate surface area is 503 Å². The molecule has 0 spiro atoms. The molecule has 3 aromatic carbocycles. The Morgan fingerprint density at radius 2 is 0.816 bits per heavy atom. The second-order valence-electron chi connectivity index (χ2n) is 22.7. The second kappa shape index (κ2) is 32.3. The van der Waals surface area contributed by atoms with Crippen molar-refractivity contribution in [2.45, 2.75) is 239 Å². The lowest BCUT2D eigenvalue weighted by molar-refractivity contribution is -0.281. The average molecular weight is 1240 g/mol. The first-order chi connectivity index (χ1) is 41.4. The molecule has 22 heteroatoms. The van der Waals surface area contributed by atoms with Crippen LogP contribution in [0, 0.1) is 0 Å². The lowest BCUT2D eigenvalue weighted by atomic mass is 9.92. The molecule has 2 saturated heterocycles. The van der Waals surface area contributed by atoms with E-state index in [9.17, 15) is 32.3 Å². The quantitative estimate of drug-likeness (QED) is 0.0238. The molecular formula is C65H83F9O13. The van der Waals surface area contributed by atoms with Crippen molar-refractivity contribution in [2.24, 2.45) is 0 Å². The van der Waals surface area contributed by atoms with Gasteiger partial charge in [-0.3, -0.25) is 0 Å². The molecule has 0 saturated carbocycles. The molecule has 0 unspecified atom stereocenters. The van der Waals surface area contributed by atoms with Crippen molar-refractivity contribution in [3.8, 4) is 0 Å². The topological polar surface area (TPSA) is 151 Å². The van der Waals surface area contributed by atoms with Gasteiger partial charge in [0.25, 0.3) is 16.8 Å². The van der Waals surface area contributed by atoms with Crippen LogP contribution in [0.1, 0.15) is 172 Å². The highest BCUT2D eigenvalue weighted by Crippen LogP contribution is 2.47. The number of halogens is 9. The van der Waals surface area contributed by atoms with Gasteiger partial charge >= 0.3 is 42.4 Å². The minimum Gasteiger partial charge on any atom is -0.459 e. The van der Waals surface area contributed by atoms with Crippen LogP contribution in [-0.2, 0) is 78.6 Å². The molecule has 3 aliphatic heterocycles. The first-order valence-corrected chi connectivity index (χ1v) is 30.3. The van der Waals surface area contributed by atoms with Crippen LogP contribution in [-0.4, -0.2) is 113 Å². The van der Waals surface area contributed by atoms with Gasteiger partial charge in [-0.25, -0.2) is 19.2 Å². The van der Waals surface area contributed by atoms with Gasteiger partial charge in [-0.15, -0.1) is 0 Å². The Kier molecular flexibility index (Phi) is 26.2. The second-order valence-corrected chi connectivity index (χ2v) is 22.7. The highest BCUT2D eigenvalue weighted by Gasteiger charge is 2.67. The van der Waals surface area contributed by atoms with Gasteiger partial charge in [-0.1, -0.05) is 169 Å². The van der Waals surface area contributed by atoms with Crippen LogP contribution in [0.2, 0.25) is 0 Å². The molecule has 0 amide bonds. The monoisotopic (exact) mass is 1240 g/mol. The van der Waals surface area contributed by atoms with Crippen LogP contribution < -0.4 is 0 Å². The lowest BCUT2D eigenvalue weighted by Gasteiger charge is -2.35. The normalized spacial score (nSPS) is 22.3. The largest absolute Gasteiger partial charge is 0.459 e. The van der Waals surface area contributed by atoms with Crippen LogP contribution in [0.4, 0.5) is 39.5 Å². The zero-order valence-electron chi connectivity index (χ0n) is 50.1. The summed E-state index contributed by atoms with van der Waals surface area (Å²) in [6.45, 7) is 3.73. The zero-order chi connectivity index (χ0) is 63.5. The van der Waals surface area contributed by atoms with E-state index in [0.29, 0.717) is 57.8 Å². The maximum Gasteiger partial charge on any atom is 0.432 e. The molecule has 3 aliphatic rings. The van der Waals surface area contributed by atoms with E-state index in [1.165, 1.54) is 60.7 Å². The van der Waals surface area contributed by atoms with Gasteiger partial charge in [0, 0.05) is 50.0 Å². The maximum atomic E-state index is 15.2. The Balaban J connectivity index is 1.13. The number of ether oxygens (including phenoxy) is 9. The smallest absolute Gasteiger partial charge is 0.432 e. The number of carbonyl (C=O) groups excluding carboxylic acids is 4. The summed E-state index contributed by atoms with van der Waals surface area (Å²) in [5.41, 5.74) is -11.7. The van der Waals surface area contributed by atoms with Crippen molar-refractivity contribution in [1.82, 2.24) is 0 Å². The minimum atomic E-state index is -5.28. The van der Waals surface area contributed by atoms with E-state index in [2.05, 4.69) is 6.92 Å². The van der Waals surface area contributed by atoms with E-state index >= 15 is 26.3 Å². The van der Waals surface area contributed by atoms with E-state index in [0.717, 1.165) is 103 Å². The van der Waals surface area contributed by atoms with Gasteiger partial charge < -0.3 is 42.6 Å². The van der Waals surface area contributed by atoms with E-state index in [-0.39, 0.29) is 44.1 Å². The van der Waals surface area contributed by atoms with Crippen molar-refractivity contribution in [1.29, 1.82) is 0 Å². The van der Waals surface area contributed by atoms with Gasteiger partial charge in [-0.2, -0.15) is 39.5 Å². The van der Waals surface area contributed by atoms with Crippen molar-refractivity contribution >= 4 is 23.9 Å². The number of alkyl halides is 9. The molecule has 0 bridgehead atoms. The fourth-order valence-corrected chi connectivity index (χ4v) is 12.1. The van der Waals surface area contributed by atoms with Gasteiger partial charge in [0.05, 0.1) is 24.4 Å². The average Bonchev–Trinajstić information content (AvgIpc) is 1.37. The van der Waals surface area contributed by atoms with Gasteiger partial charge in [0.1, 0.15) is 24.4 Å². The molecule has 13 nitrogen and oxygen atoms in total. The zero-order valence-corrected chi connectivity index (χ0v) is 50.1. The van der Waals surface area contributed by atoms with Crippen LogP contribution >= 0.6 is 0 Å². The van der Waals surface area contributed by atoms with Crippen LogP contribution in [0.3, 0.4) is 0 Å². The number of cyclic esters (lactones) is 1. The summed E-state index contributed by atoms with van der Waals surface area (Å²) < 4.78 is 186. The number of unbranched alkanes of at least 4 members (excludes halogenated alkanes) is 12. The molecule has 87 heavy (non-hydrogen) atoms. The van der Waals surface area contributed by atoms with Crippen molar-refractivity contribution in [3.63, 3.8) is 0 Å². The Hall–Kier alpha value is -5.55. The first-order valence-electron chi connectivity index (χ1n) is 30.3. The lowest BCUT2D eigenvalue weighted by Crippen LogP contribution is -2.53. The molecule has 0 radical (unpaired) electrons. The molecule has 3 heterocycles. The maximum absolute atomic E-state index is 15.2. The number of methoxy groups -OCH3 is 3. The fourth-order valence-electron chi connectivity index (χ4n) is 12.1. The third-order valence-corrected chi connectivity index (χ3v) is 16.8. The summed E-state index contributed by atoms with van der Waals surface area (Å²) in [4.78, 5) is 54.4. The van der Waals surface area contributed by atoms with E-state index < -0.39 is 125 Å². The van der Waals surface area contributed by atoms with Crippen molar-refractivity contribution in [3.05, 3.63) is 119 Å². The molecule has 2 fully saturated rings. The first kappa shape index (κ1) is 70.5. The summed E-state index contributed by atoms with van der Waals surface area (Å²) in [5, 5.41) is 0. The Bertz CT molecular complexity index is 2640. The van der Waals surface area contributed by atoms with Gasteiger partial charge in [0.15, 0.2) is 0 Å². The SMILES string of the molecule is CCCCCCCCCC[C@@H](OC(=O)[C@](OC)(c1ccccc1)C(F)(F)F)[C@H]1CC[C@H]([C@H]2CC[C@H]([C@@H](CCCCCCCC[C@H](CC3=C[C@H](C)OC3=O)OC(=O)[C@](OC)(c3ccccc3)C(F)(F)F)OC(=O)[C@](OC)(c3ccccc3)C(F)(F)F)O2)O1. The van der Waals surface area contributed by atoms with Gasteiger partial charge in [0.2, 0.25) is 0 Å². The molecule has 484 valence electrons. The molecule has 11 atom stereocenters. The van der Waals surface area contributed by atoms with Crippen LogP contribution in [0.5, 0.6) is 0 Å². The highest BCUT2D eigenvalue weighted by molar-refractivity contribution is 5.91. The van der Waals surface area contributed by atoms with E-state index in [4.69, 9.17) is 42.6 Å². The molecule has 0 aliphatic carbocycles.